The molecule has 11 aromatic rings. The van der Waals surface area contributed by atoms with Crippen LogP contribution in [-0.4, -0.2) is 16.2 Å². The maximum Gasteiger partial charge on any atom is 0.0843 e. The lowest BCUT2D eigenvalue weighted by molar-refractivity contribution is 1.09. The van der Waals surface area contributed by atoms with E-state index in [1.54, 1.807) is 11.3 Å². The Morgan fingerprint density at radius 1 is 0.468 bits per heavy atom. The highest BCUT2D eigenvalue weighted by atomic mass is 32.2. The molecule has 0 aliphatic heterocycles. The highest BCUT2D eigenvalue weighted by molar-refractivity contribution is 7.98. The topological polar surface area (TPSA) is 25.8 Å². The molecule has 2 nitrogen and oxygen atoms in total. The number of allylic oxidation sites excluding steroid dienone is 2. The van der Waals surface area contributed by atoms with Crippen LogP contribution in [0.4, 0.5) is 0 Å². The number of thiophene rings is 3. The van der Waals surface area contributed by atoms with E-state index in [0.717, 1.165) is 56.9 Å². The zero-order chi connectivity index (χ0) is 53.5. The maximum atomic E-state index is 4.35. The number of nitrogens with zero attached hydrogens (tertiary/aromatic N) is 2. The molecule has 5 aromatic heterocycles. The normalized spacial score (nSPS) is 11.2. The summed E-state index contributed by atoms with van der Waals surface area (Å²) in [5.74, 6) is 0. The van der Waals surface area contributed by atoms with E-state index in [-0.39, 0.29) is 7.43 Å². The van der Waals surface area contributed by atoms with Gasteiger partial charge in [0.1, 0.15) is 0 Å². The SMILES string of the molecule is C.CCc1cccc2c1C=CC2.CCc1cccc2c1CC=C2.CCc1cccc2cccnc12.CCc1cccc2ccsc12.CCc1cccc2scnc12.CCc1csc2ccccc12.CCc1sccc1SC. The van der Waals surface area contributed by atoms with E-state index in [4.69, 9.17) is 0 Å². The van der Waals surface area contributed by atoms with E-state index >= 15 is 0 Å². The van der Waals surface area contributed by atoms with E-state index in [0.29, 0.717) is 0 Å². The Labute approximate surface area is 481 Å². The first kappa shape index (κ1) is 60.3. The predicted octanol–water partition coefficient (Wildman–Crippen LogP) is 21.9. The minimum absolute atomic E-state index is 0. The molecular weight excluding hydrogens is 1030 g/mol. The molecule has 7 heteroatoms. The number of thiazole rings is 1. The first-order chi connectivity index (χ1) is 37.4. The zero-order valence-corrected chi connectivity index (χ0v) is 49.9. The lowest BCUT2D eigenvalue weighted by Crippen LogP contribution is -1.90. The number of rotatable bonds is 8. The van der Waals surface area contributed by atoms with Crippen molar-refractivity contribution < 1.29 is 0 Å². The number of hydrogen-bond donors (Lipinski definition) is 0. The van der Waals surface area contributed by atoms with Crippen LogP contribution >= 0.6 is 57.1 Å². The molecule has 77 heavy (non-hydrogen) atoms. The molecule has 6 aromatic carbocycles. The van der Waals surface area contributed by atoms with E-state index in [1.807, 2.05) is 63.5 Å². The Kier molecular flexibility index (Phi) is 25.1. The highest BCUT2D eigenvalue weighted by Gasteiger charge is 2.09. The number of pyridine rings is 1. The van der Waals surface area contributed by atoms with Crippen LogP contribution in [0.2, 0.25) is 0 Å². The van der Waals surface area contributed by atoms with Crippen LogP contribution in [0.1, 0.15) is 116 Å². The third-order valence-electron chi connectivity index (χ3n) is 13.7. The van der Waals surface area contributed by atoms with Gasteiger partial charge in [-0.3, -0.25) is 4.98 Å². The lowest BCUT2D eigenvalue weighted by atomic mass is 10.0. The summed E-state index contributed by atoms with van der Waals surface area (Å²) < 4.78 is 4.16. The van der Waals surface area contributed by atoms with Crippen molar-refractivity contribution in [2.75, 3.05) is 6.26 Å². The molecule has 398 valence electrons. The van der Waals surface area contributed by atoms with Crippen molar-refractivity contribution in [2.24, 2.45) is 0 Å². The van der Waals surface area contributed by atoms with Crippen LogP contribution in [0, 0.1) is 0 Å². The summed E-state index contributed by atoms with van der Waals surface area (Å²) in [6.07, 6.45) is 23.1. The number of thioether (sulfide) groups is 1. The Morgan fingerprint density at radius 2 is 1.09 bits per heavy atom. The summed E-state index contributed by atoms with van der Waals surface area (Å²) in [6, 6.07) is 49.4. The van der Waals surface area contributed by atoms with Gasteiger partial charge in [-0.2, -0.15) is 0 Å². The molecule has 2 aliphatic rings. The predicted molar refractivity (Wildman–Crippen MR) is 352 cm³/mol. The Morgan fingerprint density at radius 3 is 1.83 bits per heavy atom. The second kappa shape index (κ2) is 32.1. The minimum atomic E-state index is 0. The molecule has 0 saturated heterocycles. The average molecular weight is 1110 g/mol. The summed E-state index contributed by atoms with van der Waals surface area (Å²) >= 11 is 9.07. The van der Waals surface area contributed by atoms with Gasteiger partial charge >= 0.3 is 0 Å². The van der Waals surface area contributed by atoms with Crippen molar-refractivity contribution >= 4 is 111 Å². The molecule has 0 saturated carbocycles. The monoisotopic (exact) mass is 1110 g/mol. The fourth-order valence-electron chi connectivity index (χ4n) is 9.46. The number of hydrogen-bond acceptors (Lipinski definition) is 7. The van der Waals surface area contributed by atoms with Gasteiger partial charge in [0.05, 0.1) is 21.2 Å². The Balaban J connectivity index is 0.000000145. The second-order valence-electron chi connectivity index (χ2n) is 18.2. The number of para-hydroxylation sites is 2. The number of aryl methyl sites for hydroxylation is 7. The summed E-state index contributed by atoms with van der Waals surface area (Å²) in [5.41, 5.74) is 18.8. The summed E-state index contributed by atoms with van der Waals surface area (Å²) in [6.45, 7) is 15.3. The van der Waals surface area contributed by atoms with Crippen molar-refractivity contribution in [1.82, 2.24) is 9.97 Å². The van der Waals surface area contributed by atoms with Gasteiger partial charge in [0.25, 0.3) is 0 Å². The molecule has 0 unspecified atom stereocenters. The molecule has 0 atom stereocenters. The van der Waals surface area contributed by atoms with Crippen LogP contribution in [0.3, 0.4) is 0 Å². The van der Waals surface area contributed by atoms with E-state index in [9.17, 15) is 0 Å². The standard InChI is InChI=1S/C11H11N.2C11H12.2C10H10S.C9H9NS.C7H10S2.CH4/c1-2-9-5-3-6-10-7-4-8-12-11(9)10;2*1-2-9-5-3-6-10-7-4-8-11(9)10;1-2-8-4-3-5-9-6-7-11-10(8)9;1-2-8-7-11-10-6-4-3-5-9(8)10;1-2-7-4-3-5-8-9(7)10-6-11-8;1-3-6-7(8-2)4-5-9-6;/h3-8H,2H2,1H3;3-6,8H,2,7H2,1H3;3-7H,2,8H2,1H3;2*3-7H,2H2,1H3;3-6H,2H2,1H3;4-5H,3H2,1-2H3;1H4. The van der Waals surface area contributed by atoms with E-state index < -0.39 is 0 Å². The van der Waals surface area contributed by atoms with Crippen LogP contribution in [-0.2, 0) is 57.8 Å². The summed E-state index contributed by atoms with van der Waals surface area (Å²) in [5, 5.41) is 10.6. The van der Waals surface area contributed by atoms with Gasteiger partial charge in [-0.25, -0.2) is 4.98 Å². The van der Waals surface area contributed by atoms with E-state index in [1.165, 1.54) is 108 Å². The molecule has 0 N–H and O–H groups in total. The molecule has 0 amide bonds. The molecule has 13 rings (SSSR count). The molecule has 0 bridgehead atoms. The van der Waals surface area contributed by atoms with Crippen LogP contribution in [0.25, 0.3) is 53.4 Å². The van der Waals surface area contributed by atoms with Gasteiger partial charge in [-0.05, 0) is 177 Å². The molecule has 0 radical (unpaired) electrons. The molecule has 5 heterocycles. The molecular formula is C70H78N2S5. The Bertz CT molecular complexity index is 3460. The molecule has 2 aliphatic carbocycles. The average Bonchev–Trinajstić information content (AvgIpc) is 4.36. The van der Waals surface area contributed by atoms with E-state index in [2.05, 4.69) is 239 Å². The van der Waals surface area contributed by atoms with Crippen molar-refractivity contribution in [3.8, 4) is 0 Å². The molecule has 0 spiro atoms. The fourth-order valence-corrected chi connectivity index (χ4v) is 14.0. The quantitative estimate of drug-likeness (QED) is 0.142. The van der Waals surface area contributed by atoms with Gasteiger partial charge in [0, 0.05) is 30.8 Å². The van der Waals surface area contributed by atoms with Gasteiger partial charge in [-0.15, -0.1) is 57.1 Å². The zero-order valence-electron chi connectivity index (χ0n) is 45.8. The lowest BCUT2D eigenvalue weighted by Gasteiger charge is -2.04. The van der Waals surface area contributed by atoms with Crippen molar-refractivity contribution in [2.45, 2.75) is 119 Å². The van der Waals surface area contributed by atoms with Crippen LogP contribution in [0.15, 0.2) is 184 Å². The maximum absolute atomic E-state index is 4.35. The van der Waals surface area contributed by atoms with Gasteiger partial charge < -0.3 is 0 Å². The van der Waals surface area contributed by atoms with Crippen LogP contribution < -0.4 is 0 Å². The van der Waals surface area contributed by atoms with Gasteiger partial charge in [0.2, 0.25) is 0 Å². The number of benzene rings is 6. The largest absolute Gasteiger partial charge is 0.256 e. The molecule has 0 fully saturated rings. The van der Waals surface area contributed by atoms with Crippen LogP contribution in [0.5, 0.6) is 0 Å². The van der Waals surface area contributed by atoms with Crippen molar-refractivity contribution in [1.29, 1.82) is 0 Å². The van der Waals surface area contributed by atoms with Crippen molar-refractivity contribution in [3.05, 3.63) is 240 Å². The number of aromatic nitrogens is 2. The Hall–Kier alpha value is -5.93. The first-order valence-corrected chi connectivity index (χ1v) is 31.8. The highest BCUT2D eigenvalue weighted by Crippen LogP contribution is 2.29. The fraction of sp³-hybridized carbons (Fsp3) is 0.257. The number of fused-ring (bicyclic) bond motifs is 6. The third-order valence-corrected chi connectivity index (χ3v) is 18.5. The second-order valence-corrected chi connectivity index (χ2v) is 22.8. The van der Waals surface area contributed by atoms with Gasteiger partial charge in [-0.1, -0.05) is 189 Å². The third kappa shape index (κ3) is 16.3. The van der Waals surface area contributed by atoms with Crippen molar-refractivity contribution in [3.63, 3.8) is 0 Å². The minimum Gasteiger partial charge on any atom is -0.256 e. The smallest absolute Gasteiger partial charge is 0.0843 e. The van der Waals surface area contributed by atoms with Gasteiger partial charge in [0.15, 0.2) is 0 Å². The first-order valence-electron chi connectivity index (χ1n) is 27.1. The summed E-state index contributed by atoms with van der Waals surface area (Å²) in [7, 11) is 0. The summed E-state index contributed by atoms with van der Waals surface area (Å²) in [4.78, 5) is 11.6.